The summed E-state index contributed by atoms with van der Waals surface area (Å²) in [6, 6.07) is 5.09. The van der Waals surface area contributed by atoms with E-state index in [1.807, 2.05) is 18.4 Å². The maximum atomic E-state index is 12.3. The summed E-state index contributed by atoms with van der Waals surface area (Å²) in [5.41, 5.74) is 1.62. The third-order valence-corrected chi connectivity index (χ3v) is 4.83. The van der Waals surface area contributed by atoms with Crippen molar-refractivity contribution >= 4 is 46.4 Å². The van der Waals surface area contributed by atoms with Crippen LogP contribution in [0.4, 0.5) is 5.13 Å². The molecular weight excluding hydrogens is 385 g/mol. The van der Waals surface area contributed by atoms with Gasteiger partial charge in [-0.2, -0.15) is 0 Å². The van der Waals surface area contributed by atoms with Gasteiger partial charge in [0.1, 0.15) is 11.8 Å². The minimum absolute atomic E-state index is 0. The topological polar surface area (TPSA) is 72.5 Å². The third kappa shape index (κ3) is 4.62. The monoisotopic (exact) mass is 403 g/mol. The van der Waals surface area contributed by atoms with Gasteiger partial charge in [0, 0.05) is 17.5 Å². The standard InChI is InChI=1S/C16H18ClN3O3S.ClH/c1-9-14(18-5-6-23-9)15(21)20-16-19-12(8-24-16)10-3-4-13(22-2)11(17)7-10;/h3-4,7-9,14,18H,5-6H2,1-2H3,(H,19,20,21);1H/t9-,14+;/m1./s1. The summed E-state index contributed by atoms with van der Waals surface area (Å²) in [6.45, 7) is 3.16. The van der Waals surface area contributed by atoms with E-state index in [4.69, 9.17) is 21.1 Å². The molecule has 1 aliphatic rings. The molecule has 25 heavy (non-hydrogen) atoms. The lowest BCUT2D eigenvalue weighted by Gasteiger charge is -2.28. The lowest BCUT2D eigenvalue weighted by molar-refractivity contribution is -0.123. The van der Waals surface area contributed by atoms with Crippen LogP contribution in [-0.4, -0.2) is 43.3 Å². The van der Waals surface area contributed by atoms with Crippen LogP contribution in [0.5, 0.6) is 5.75 Å². The second kappa shape index (κ2) is 8.82. The number of hydrogen-bond acceptors (Lipinski definition) is 6. The number of anilines is 1. The Kier molecular flexibility index (Phi) is 7.04. The first-order chi connectivity index (χ1) is 11.6. The van der Waals surface area contributed by atoms with Crippen LogP contribution in [0.3, 0.4) is 0 Å². The van der Waals surface area contributed by atoms with E-state index in [0.29, 0.717) is 29.1 Å². The van der Waals surface area contributed by atoms with E-state index < -0.39 is 0 Å². The van der Waals surface area contributed by atoms with Crippen molar-refractivity contribution in [1.82, 2.24) is 10.3 Å². The average Bonchev–Trinajstić information content (AvgIpc) is 3.03. The first-order valence-electron chi connectivity index (χ1n) is 7.54. The highest BCUT2D eigenvalue weighted by atomic mass is 35.5. The van der Waals surface area contributed by atoms with E-state index in [0.717, 1.165) is 11.3 Å². The van der Waals surface area contributed by atoms with Gasteiger partial charge in [-0.1, -0.05) is 11.6 Å². The van der Waals surface area contributed by atoms with E-state index >= 15 is 0 Å². The van der Waals surface area contributed by atoms with E-state index in [1.54, 1.807) is 19.2 Å². The Balaban J connectivity index is 0.00000225. The van der Waals surface area contributed by atoms with E-state index in [9.17, 15) is 4.79 Å². The number of methoxy groups -OCH3 is 1. The van der Waals surface area contributed by atoms with E-state index in [1.165, 1.54) is 11.3 Å². The minimum Gasteiger partial charge on any atom is -0.495 e. The normalized spacial score (nSPS) is 19.8. The number of hydrogen-bond donors (Lipinski definition) is 2. The summed E-state index contributed by atoms with van der Waals surface area (Å²) in [5.74, 6) is 0.470. The van der Waals surface area contributed by atoms with Crippen molar-refractivity contribution in [2.24, 2.45) is 0 Å². The highest BCUT2D eigenvalue weighted by molar-refractivity contribution is 7.14. The Morgan fingerprint density at radius 2 is 2.32 bits per heavy atom. The zero-order valence-electron chi connectivity index (χ0n) is 13.7. The van der Waals surface area contributed by atoms with Crippen molar-refractivity contribution < 1.29 is 14.3 Å². The van der Waals surface area contributed by atoms with Crippen LogP contribution in [-0.2, 0) is 9.53 Å². The highest BCUT2D eigenvalue weighted by Gasteiger charge is 2.28. The molecule has 0 saturated carbocycles. The molecule has 0 aliphatic carbocycles. The first-order valence-corrected chi connectivity index (χ1v) is 8.79. The van der Waals surface area contributed by atoms with E-state index in [2.05, 4.69) is 15.6 Å². The van der Waals surface area contributed by atoms with Gasteiger partial charge in [0.15, 0.2) is 5.13 Å². The molecule has 3 rings (SSSR count). The predicted molar refractivity (Wildman–Crippen MR) is 102 cm³/mol. The molecule has 0 bridgehead atoms. The molecule has 1 aromatic carbocycles. The van der Waals surface area contributed by atoms with Crippen molar-refractivity contribution in [3.05, 3.63) is 28.6 Å². The number of aromatic nitrogens is 1. The molecule has 1 amide bonds. The Hall–Kier alpha value is -1.38. The Bertz CT molecular complexity index is 741. The molecular formula is C16H19Cl2N3O3S. The Labute approximate surface area is 161 Å². The molecule has 2 atom stereocenters. The molecule has 6 nitrogen and oxygen atoms in total. The number of rotatable bonds is 4. The average molecular weight is 404 g/mol. The van der Waals surface area contributed by atoms with E-state index in [-0.39, 0.29) is 30.5 Å². The van der Waals surface area contributed by atoms with Gasteiger partial charge >= 0.3 is 0 Å². The van der Waals surface area contributed by atoms with Crippen LogP contribution in [0.2, 0.25) is 5.02 Å². The second-order valence-corrected chi connectivity index (χ2v) is 6.65. The van der Waals surface area contributed by atoms with Crippen molar-refractivity contribution in [3.63, 3.8) is 0 Å². The van der Waals surface area contributed by atoms with Crippen LogP contribution < -0.4 is 15.4 Å². The van der Waals surface area contributed by atoms with Gasteiger partial charge < -0.3 is 20.1 Å². The van der Waals surface area contributed by atoms with Crippen LogP contribution in [0.1, 0.15) is 6.92 Å². The molecule has 1 aliphatic heterocycles. The zero-order valence-corrected chi connectivity index (χ0v) is 16.1. The number of thiazole rings is 1. The zero-order chi connectivity index (χ0) is 17.1. The fraction of sp³-hybridized carbons (Fsp3) is 0.375. The molecule has 2 N–H and O–H groups in total. The molecule has 0 spiro atoms. The van der Waals surface area contributed by atoms with Gasteiger partial charge in [-0.05, 0) is 25.1 Å². The highest BCUT2D eigenvalue weighted by Crippen LogP contribution is 2.31. The molecule has 2 heterocycles. The van der Waals surface area contributed by atoms with Crippen LogP contribution >= 0.6 is 35.3 Å². The van der Waals surface area contributed by atoms with Gasteiger partial charge in [-0.15, -0.1) is 23.7 Å². The van der Waals surface area contributed by atoms with Crippen molar-refractivity contribution in [1.29, 1.82) is 0 Å². The molecule has 1 aromatic heterocycles. The fourth-order valence-electron chi connectivity index (χ4n) is 2.50. The number of nitrogens with zero attached hydrogens (tertiary/aromatic N) is 1. The number of benzene rings is 1. The minimum atomic E-state index is -0.374. The van der Waals surface area contributed by atoms with Crippen molar-refractivity contribution in [3.8, 4) is 17.0 Å². The number of ether oxygens (including phenoxy) is 2. The van der Waals surface area contributed by atoms with Gasteiger partial charge in [0.05, 0.1) is 30.5 Å². The summed E-state index contributed by atoms with van der Waals surface area (Å²) in [7, 11) is 1.57. The summed E-state index contributed by atoms with van der Waals surface area (Å²) in [6.07, 6.45) is -0.168. The predicted octanol–water partition coefficient (Wildman–Crippen LogP) is 3.21. The lowest BCUT2D eigenvalue weighted by atomic mass is 10.1. The largest absolute Gasteiger partial charge is 0.495 e. The van der Waals surface area contributed by atoms with Crippen molar-refractivity contribution in [2.75, 3.05) is 25.6 Å². The molecule has 2 aromatic rings. The molecule has 1 saturated heterocycles. The van der Waals surface area contributed by atoms with Gasteiger partial charge in [0.25, 0.3) is 0 Å². The summed E-state index contributed by atoms with van der Waals surface area (Å²) in [5, 5.41) is 8.93. The quantitative estimate of drug-likeness (QED) is 0.819. The molecule has 136 valence electrons. The maximum absolute atomic E-state index is 12.3. The van der Waals surface area contributed by atoms with Crippen LogP contribution in [0, 0.1) is 0 Å². The van der Waals surface area contributed by atoms with Crippen molar-refractivity contribution in [2.45, 2.75) is 19.1 Å². The first kappa shape index (κ1) is 19.9. The Morgan fingerprint density at radius 1 is 1.52 bits per heavy atom. The number of morpholine rings is 1. The van der Waals surface area contributed by atoms with Crippen LogP contribution in [0.15, 0.2) is 23.6 Å². The molecule has 9 heteroatoms. The maximum Gasteiger partial charge on any atom is 0.245 e. The summed E-state index contributed by atoms with van der Waals surface area (Å²) < 4.78 is 10.6. The summed E-state index contributed by atoms with van der Waals surface area (Å²) in [4.78, 5) is 16.8. The Morgan fingerprint density at radius 3 is 3.00 bits per heavy atom. The SMILES string of the molecule is COc1ccc(-c2csc(NC(=O)[C@H]3NCCO[C@@H]3C)n2)cc1Cl.Cl. The van der Waals surface area contributed by atoms with Crippen LogP contribution in [0.25, 0.3) is 11.3 Å². The number of amides is 1. The van der Waals surface area contributed by atoms with Gasteiger partial charge in [-0.3, -0.25) is 4.79 Å². The molecule has 0 unspecified atom stereocenters. The smallest absolute Gasteiger partial charge is 0.245 e. The fourth-order valence-corrected chi connectivity index (χ4v) is 3.48. The number of nitrogens with one attached hydrogen (secondary N) is 2. The number of carbonyl (C=O) groups is 1. The molecule has 0 radical (unpaired) electrons. The lowest BCUT2D eigenvalue weighted by Crippen LogP contribution is -2.53. The third-order valence-electron chi connectivity index (χ3n) is 3.78. The number of carbonyl (C=O) groups excluding carboxylic acids is 1. The molecule has 1 fully saturated rings. The number of halogens is 2. The van der Waals surface area contributed by atoms with Gasteiger partial charge in [-0.25, -0.2) is 4.98 Å². The van der Waals surface area contributed by atoms with Gasteiger partial charge in [0.2, 0.25) is 5.91 Å². The second-order valence-electron chi connectivity index (χ2n) is 5.38. The summed E-state index contributed by atoms with van der Waals surface area (Å²) >= 11 is 7.51.